The van der Waals surface area contributed by atoms with Crippen molar-refractivity contribution in [3.63, 3.8) is 0 Å². The Morgan fingerprint density at radius 1 is 1.28 bits per heavy atom. The second kappa shape index (κ2) is 8.18. The van der Waals surface area contributed by atoms with Crippen molar-refractivity contribution < 1.29 is 5.11 Å². The zero-order chi connectivity index (χ0) is 13.5. The van der Waals surface area contributed by atoms with Gasteiger partial charge < -0.3 is 5.11 Å². The number of aliphatic hydroxyl groups excluding tert-OH is 1. The van der Waals surface area contributed by atoms with E-state index >= 15 is 0 Å². The first kappa shape index (κ1) is 16.0. The maximum absolute atomic E-state index is 9.91. The lowest BCUT2D eigenvalue weighted by molar-refractivity contribution is 0.227. The Morgan fingerprint density at radius 3 is 2.39 bits per heavy atom. The Balaban J connectivity index is 2.92. The number of rotatable bonds is 6. The summed E-state index contributed by atoms with van der Waals surface area (Å²) in [5.74, 6) is 0. The number of unbranched alkanes of at least 4 members (excludes halogenated alkanes) is 2. The first-order valence-corrected chi connectivity index (χ1v) is 7.84. The summed E-state index contributed by atoms with van der Waals surface area (Å²) in [5.41, 5.74) is 2.26. The van der Waals surface area contributed by atoms with Crippen molar-refractivity contribution in [3.8, 4) is 0 Å². The highest BCUT2D eigenvalue weighted by atomic mass is 127. The highest BCUT2D eigenvalue weighted by Crippen LogP contribution is 2.31. The summed E-state index contributed by atoms with van der Waals surface area (Å²) in [4.78, 5) is 0. The Hall–Kier alpha value is -0.0600. The van der Waals surface area contributed by atoms with Crippen molar-refractivity contribution in [3.05, 3.63) is 40.4 Å². The molecule has 1 unspecified atom stereocenters. The first-order chi connectivity index (χ1) is 8.56. The van der Waals surface area contributed by atoms with Crippen LogP contribution < -0.4 is 0 Å². The molecule has 1 N–H and O–H groups in total. The molecule has 18 heavy (non-hydrogen) atoms. The molecule has 0 aliphatic carbocycles. The number of aliphatic hydroxyl groups is 1. The van der Waals surface area contributed by atoms with Gasteiger partial charge in [0.2, 0.25) is 0 Å². The summed E-state index contributed by atoms with van der Waals surface area (Å²) in [7, 11) is 0. The number of benzene rings is 1. The van der Waals surface area contributed by atoms with Crippen LogP contribution >= 0.6 is 34.2 Å². The van der Waals surface area contributed by atoms with Gasteiger partial charge in [0.15, 0.2) is 0 Å². The zero-order valence-corrected chi connectivity index (χ0v) is 13.8. The molecule has 0 fully saturated rings. The summed E-state index contributed by atoms with van der Waals surface area (Å²) >= 11 is 8.22. The Labute approximate surface area is 128 Å². The maximum Gasteiger partial charge on any atom is 0.0735 e. The second-order valence-corrected chi connectivity index (χ2v) is 5.99. The van der Waals surface area contributed by atoms with Crippen LogP contribution in [0.5, 0.6) is 0 Å². The van der Waals surface area contributed by atoms with Gasteiger partial charge in [-0.1, -0.05) is 43.5 Å². The van der Waals surface area contributed by atoms with E-state index in [2.05, 4.69) is 29.5 Å². The predicted octanol–water partition coefficient (Wildman–Crippen LogP) is 5.45. The van der Waals surface area contributed by atoms with E-state index < -0.39 is 0 Å². The van der Waals surface area contributed by atoms with Crippen LogP contribution in [-0.2, 0) is 0 Å². The minimum Gasteiger partial charge on any atom is -0.389 e. The monoisotopic (exact) mass is 378 g/mol. The Morgan fingerprint density at radius 2 is 1.89 bits per heavy atom. The molecular formula is C15H20ClIO. The number of hydrogen-bond acceptors (Lipinski definition) is 1. The predicted molar refractivity (Wildman–Crippen MR) is 88.2 cm³/mol. The summed E-state index contributed by atoms with van der Waals surface area (Å²) in [5, 5.41) is 10.7. The van der Waals surface area contributed by atoms with Crippen LogP contribution in [0, 0.1) is 0 Å². The van der Waals surface area contributed by atoms with Gasteiger partial charge in [-0.3, -0.25) is 0 Å². The third-order valence-corrected chi connectivity index (χ3v) is 4.50. The van der Waals surface area contributed by atoms with E-state index in [9.17, 15) is 5.11 Å². The van der Waals surface area contributed by atoms with Crippen LogP contribution in [0.15, 0.2) is 29.8 Å². The van der Waals surface area contributed by atoms with Crippen LogP contribution in [0.4, 0.5) is 0 Å². The van der Waals surface area contributed by atoms with E-state index in [-0.39, 0.29) is 6.10 Å². The molecule has 100 valence electrons. The van der Waals surface area contributed by atoms with Crippen molar-refractivity contribution in [2.75, 3.05) is 0 Å². The topological polar surface area (TPSA) is 20.2 Å². The molecule has 0 spiro atoms. The lowest BCUT2D eigenvalue weighted by atomic mass is 10.0. The summed E-state index contributed by atoms with van der Waals surface area (Å²) < 4.78 is 1.15. The fourth-order valence-corrected chi connectivity index (χ4v) is 3.06. The molecule has 0 heterocycles. The summed E-state index contributed by atoms with van der Waals surface area (Å²) in [6.45, 7) is 4.03. The van der Waals surface area contributed by atoms with Gasteiger partial charge >= 0.3 is 0 Å². The minimum atomic E-state index is -0.385. The SMILES string of the molecule is CCCCC/C(=C(/I)c1ccc(Cl)cc1)C(C)O. The van der Waals surface area contributed by atoms with Crippen molar-refractivity contribution in [2.24, 2.45) is 0 Å². The van der Waals surface area contributed by atoms with E-state index in [0.717, 1.165) is 32.6 Å². The molecule has 0 radical (unpaired) electrons. The molecule has 0 saturated heterocycles. The largest absolute Gasteiger partial charge is 0.389 e. The van der Waals surface area contributed by atoms with Crippen molar-refractivity contribution in [1.29, 1.82) is 0 Å². The van der Waals surface area contributed by atoms with Gasteiger partial charge in [-0.15, -0.1) is 0 Å². The molecule has 0 aliphatic heterocycles. The number of hydrogen-bond donors (Lipinski definition) is 1. The van der Waals surface area contributed by atoms with Crippen molar-refractivity contribution >= 4 is 37.8 Å². The average molecular weight is 379 g/mol. The highest BCUT2D eigenvalue weighted by Gasteiger charge is 2.11. The Bertz CT molecular complexity index is 395. The third-order valence-electron chi connectivity index (χ3n) is 2.93. The van der Waals surface area contributed by atoms with Crippen LogP contribution in [-0.4, -0.2) is 11.2 Å². The molecule has 3 heteroatoms. The normalized spacial score (nSPS) is 14.3. The smallest absolute Gasteiger partial charge is 0.0735 e. The molecule has 0 aliphatic rings. The van der Waals surface area contributed by atoms with Gasteiger partial charge in [0.1, 0.15) is 0 Å². The lowest BCUT2D eigenvalue weighted by Gasteiger charge is -2.14. The molecule has 0 bridgehead atoms. The minimum absolute atomic E-state index is 0.385. The van der Waals surface area contributed by atoms with Crippen molar-refractivity contribution in [1.82, 2.24) is 0 Å². The van der Waals surface area contributed by atoms with Gasteiger partial charge in [-0.25, -0.2) is 0 Å². The van der Waals surface area contributed by atoms with Crippen molar-refractivity contribution in [2.45, 2.75) is 45.6 Å². The van der Waals surface area contributed by atoms with E-state index in [1.54, 1.807) is 0 Å². The standard InChI is InChI=1S/C15H20ClIO/c1-3-4-5-6-14(11(2)18)15(17)12-7-9-13(16)10-8-12/h7-11,18H,3-6H2,1-2H3/b15-14-. The fourth-order valence-electron chi connectivity index (χ4n) is 1.85. The van der Waals surface area contributed by atoms with Crippen LogP contribution in [0.3, 0.4) is 0 Å². The van der Waals surface area contributed by atoms with Gasteiger partial charge in [-0.2, -0.15) is 0 Å². The van der Waals surface area contributed by atoms with Gasteiger partial charge in [0.05, 0.1) is 6.10 Å². The molecule has 1 aromatic rings. The van der Waals surface area contributed by atoms with E-state index in [4.69, 9.17) is 11.6 Å². The summed E-state index contributed by atoms with van der Waals surface area (Å²) in [6, 6.07) is 7.79. The third kappa shape index (κ3) is 4.90. The van der Waals surface area contributed by atoms with E-state index in [1.807, 2.05) is 31.2 Å². The van der Waals surface area contributed by atoms with Gasteiger partial charge in [-0.05, 0) is 65.6 Å². The second-order valence-electron chi connectivity index (χ2n) is 4.48. The number of halogens is 2. The molecular weight excluding hydrogens is 359 g/mol. The van der Waals surface area contributed by atoms with Gasteiger partial charge in [0, 0.05) is 8.60 Å². The van der Waals surface area contributed by atoms with E-state index in [0.29, 0.717) is 0 Å². The lowest BCUT2D eigenvalue weighted by Crippen LogP contribution is -2.06. The Kier molecular flexibility index (Phi) is 7.27. The quantitative estimate of drug-likeness (QED) is 0.516. The molecule has 1 aromatic carbocycles. The molecule has 1 atom stereocenters. The average Bonchev–Trinajstić information content (AvgIpc) is 2.34. The van der Waals surface area contributed by atoms with Crippen LogP contribution in [0.25, 0.3) is 3.58 Å². The molecule has 0 aromatic heterocycles. The summed E-state index contributed by atoms with van der Waals surface area (Å²) in [6.07, 6.45) is 4.12. The first-order valence-electron chi connectivity index (χ1n) is 6.38. The van der Waals surface area contributed by atoms with Gasteiger partial charge in [0.25, 0.3) is 0 Å². The van der Waals surface area contributed by atoms with E-state index in [1.165, 1.54) is 12.8 Å². The zero-order valence-electron chi connectivity index (χ0n) is 10.9. The maximum atomic E-state index is 9.91. The molecule has 1 rings (SSSR count). The highest BCUT2D eigenvalue weighted by molar-refractivity contribution is 14.1. The molecule has 1 nitrogen and oxygen atoms in total. The molecule has 0 saturated carbocycles. The fraction of sp³-hybridized carbons (Fsp3) is 0.467. The van der Waals surface area contributed by atoms with Crippen LogP contribution in [0.2, 0.25) is 5.02 Å². The van der Waals surface area contributed by atoms with Crippen LogP contribution in [0.1, 0.15) is 45.1 Å². The molecule has 0 amide bonds.